The number of benzene rings is 1. The van der Waals surface area contributed by atoms with E-state index >= 15 is 0 Å². The van der Waals surface area contributed by atoms with Crippen LogP contribution in [-0.2, 0) is 6.54 Å². The van der Waals surface area contributed by atoms with Gasteiger partial charge in [-0.3, -0.25) is 9.36 Å². The van der Waals surface area contributed by atoms with Crippen molar-refractivity contribution < 1.29 is 9.53 Å². The Hall–Kier alpha value is -3.74. The second kappa shape index (κ2) is 7.25. The van der Waals surface area contributed by atoms with Gasteiger partial charge in [-0.2, -0.15) is 0 Å². The molecule has 3 heterocycles. The fourth-order valence-corrected chi connectivity index (χ4v) is 2.70. The van der Waals surface area contributed by atoms with E-state index < -0.39 is 0 Å². The minimum absolute atomic E-state index is 0.230. The first kappa shape index (κ1) is 16.7. The summed E-state index contributed by atoms with van der Waals surface area (Å²) in [6.07, 6.45) is 6.94. The third kappa shape index (κ3) is 3.62. The van der Waals surface area contributed by atoms with Gasteiger partial charge in [0, 0.05) is 30.5 Å². The summed E-state index contributed by atoms with van der Waals surface area (Å²) >= 11 is 0. The minimum Gasteiger partial charge on any atom is -0.497 e. The highest BCUT2D eigenvalue weighted by Crippen LogP contribution is 2.19. The van der Waals surface area contributed by atoms with Crippen LogP contribution < -0.4 is 10.1 Å². The summed E-state index contributed by atoms with van der Waals surface area (Å²) in [4.78, 5) is 25.2. The molecule has 134 valence electrons. The summed E-state index contributed by atoms with van der Waals surface area (Å²) in [5.41, 5.74) is 2.02. The highest BCUT2D eigenvalue weighted by Gasteiger charge is 2.09. The molecule has 0 aliphatic rings. The van der Waals surface area contributed by atoms with Crippen LogP contribution in [0.3, 0.4) is 0 Å². The van der Waals surface area contributed by atoms with E-state index in [0.29, 0.717) is 12.2 Å². The smallest absolute Gasteiger partial charge is 0.270 e. The number of nitrogens with one attached hydrogen (secondary N) is 1. The number of imidazole rings is 1. The first-order chi connectivity index (χ1) is 13.2. The second-order valence-electron chi connectivity index (χ2n) is 5.93. The molecule has 0 saturated heterocycles. The van der Waals surface area contributed by atoms with Crippen molar-refractivity contribution in [1.82, 2.24) is 24.8 Å². The standard InChI is InChI=1S/C20H17N5O2/c1-27-16-4-6-17-15(10-16)3-5-18(24-17)20(26)23-12-14-2-7-19(22-11-14)25-9-8-21-13-25/h2-11,13H,12H2,1H3,(H,23,26). The molecule has 7 heteroatoms. The van der Waals surface area contributed by atoms with Gasteiger partial charge in [0.05, 0.1) is 12.6 Å². The average Bonchev–Trinajstić information content (AvgIpc) is 3.26. The molecular formula is C20H17N5O2. The number of amides is 1. The molecule has 27 heavy (non-hydrogen) atoms. The highest BCUT2D eigenvalue weighted by atomic mass is 16.5. The lowest BCUT2D eigenvalue weighted by atomic mass is 10.2. The van der Waals surface area contributed by atoms with E-state index in [1.54, 1.807) is 31.9 Å². The van der Waals surface area contributed by atoms with Crippen molar-refractivity contribution in [2.75, 3.05) is 7.11 Å². The Kier molecular flexibility index (Phi) is 4.49. The fourth-order valence-electron chi connectivity index (χ4n) is 2.70. The summed E-state index contributed by atoms with van der Waals surface area (Å²) in [6.45, 7) is 0.373. The number of aromatic nitrogens is 4. The molecule has 0 bridgehead atoms. The Bertz CT molecular complexity index is 1080. The topological polar surface area (TPSA) is 81.9 Å². The second-order valence-corrected chi connectivity index (χ2v) is 5.93. The minimum atomic E-state index is -0.230. The van der Waals surface area contributed by atoms with Gasteiger partial charge in [0.25, 0.3) is 5.91 Å². The van der Waals surface area contributed by atoms with Gasteiger partial charge in [0.1, 0.15) is 23.6 Å². The number of hydrogen-bond donors (Lipinski definition) is 1. The van der Waals surface area contributed by atoms with Crippen LogP contribution in [0.2, 0.25) is 0 Å². The molecule has 7 nitrogen and oxygen atoms in total. The van der Waals surface area contributed by atoms with Gasteiger partial charge < -0.3 is 10.1 Å². The van der Waals surface area contributed by atoms with Gasteiger partial charge in [-0.15, -0.1) is 0 Å². The molecule has 4 rings (SSSR count). The Morgan fingerprint density at radius 2 is 2.11 bits per heavy atom. The number of methoxy groups -OCH3 is 1. The Balaban J connectivity index is 1.43. The lowest BCUT2D eigenvalue weighted by Crippen LogP contribution is -2.23. The SMILES string of the molecule is COc1ccc2nc(C(=O)NCc3ccc(-n4ccnc4)nc3)ccc2c1. The van der Waals surface area contributed by atoms with E-state index in [9.17, 15) is 4.79 Å². The third-order valence-electron chi connectivity index (χ3n) is 4.16. The quantitative estimate of drug-likeness (QED) is 0.592. The molecular weight excluding hydrogens is 342 g/mol. The zero-order valence-electron chi connectivity index (χ0n) is 14.7. The van der Waals surface area contributed by atoms with Crippen molar-refractivity contribution >= 4 is 16.8 Å². The first-order valence-electron chi connectivity index (χ1n) is 8.39. The van der Waals surface area contributed by atoms with Gasteiger partial charge in [-0.05, 0) is 35.9 Å². The number of ether oxygens (including phenoxy) is 1. The zero-order chi connectivity index (χ0) is 18.6. The van der Waals surface area contributed by atoms with Gasteiger partial charge in [0.2, 0.25) is 0 Å². The number of rotatable bonds is 5. The van der Waals surface area contributed by atoms with Crippen molar-refractivity contribution in [3.05, 3.63) is 78.6 Å². The van der Waals surface area contributed by atoms with Crippen molar-refractivity contribution in [3.63, 3.8) is 0 Å². The van der Waals surface area contributed by atoms with E-state index in [0.717, 1.165) is 28.0 Å². The maximum atomic E-state index is 12.4. The third-order valence-corrected chi connectivity index (χ3v) is 4.16. The molecule has 1 amide bonds. The predicted octanol–water partition coefficient (Wildman–Crippen LogP) is 2.75. The van der Waals surface area contributed by atoms with E-state index in [-0.39, 0.29) is 5.91 Å². The number of fused-ring (bicyclic) bond motifs is 1. The van der Waals surface area contributed by atoms with Crippen LogP contribution in [0.25, 0.3) is 16.7 Å². The van der Waals surface area contributed by atoms with Crippen LogP contribution in [0, 0.1) is 0 Å². The van der Waals surface area contributed by atoms with Gasteiger partial charge >= 0.3 is 0 Å². The van der Waals surface area contributed by atoms with Gasteiger partial charge in [-0.25, -0.2) is 15.0 Å². The molecule has 0 radical (unpaired) electrons. The summed E-state index contributed by atoms with van der Waals surface area (Å²) in [5.74, 6) is 1.30. The number of nitrogens with zero attached hydrogens (tertiary/aromatic N) is 4. The largest absolute Gasteiger partial charge is 0.497 e. The van der Waals surface area contributed by atoms with E-state index in [4.69, 9.17) is 4.74 Å². The molecule has 0 saturated carbocycles. The predicted molar refractivity (Wildman–Crippen MR) is 101 cm³/mol. The average molecular weight is 359 g/mol. The summed E-state index contributed by atoms with van der Waals surface area (Å²) in [6, 6.07) is 12.9. The molecule has 0 aliphatic heterocycles. The van der Waals surface area contributed by atoms with E-state index in [1.165, 1.54) is 0 Å². The molecule has 0 unspecified atom stereocenters. The monoisotopic (exact) mass is 359 g/mol. The summed E-state index contributed by atoms with van der Waals surface area (Å²) in [7, 11) is 1.62. The van der Waals surface area contributed by atoms with Crippen LogP contribution in [-0.4, -0.2) is 32.5 Å². The number of carbonyl (C=O) groups excluding carboxylic acids is 1. The Morgan fingerprint density at radius 1 is 1.19 bits per heavy atom. The fraction of sp³-hybridized carbons (Fsp3) is 0.100. The molecule has 0 atom stereocenters. The first-order valence-corrected chi connectivity index (χ1v) is 8.39. The molecule has 4 aromatic rings. The molecule has 0 spiro atoms. The number of pyridine rings is 2. The number of hydrogen-bond acceptors (Lipinski definition) is 5. The van der Waals surface area contributed by atoms with E-state index in [1.807, 2.05) is 47.2 Å². The van der Waals surface area contributed by atoms with Crippen LogP contribution >= 0.6 is 0 Å². The Labute approximate surface area is 155 Å². The number of carbonyl (C=O) groups is 1. The Morgan fingerprint density at radius 3 is 2.85 bits per heavy atom. The van der Waals surface area contributed by atoms with Crippen LogP contribution in [0.5, 0.6) is 5.75 Å². The molecule has 3 aromatic heterocycles. The maximum Gasteiger partial charge on any atom is 0.270 e. The van der Waals surface area contributed by atoms with Gasteiger partial charge in [0.15, 0.2) is 0 Å². The maximum absolute atomic E-state index is 12.4. The normalized spacial score (nSPS) is 10.7. The lowest BCUT2D eigenvalue weighted by Gasteiger charge is -2.07. The van der Waals surface area contributed by atoms with Crippen molar-refractivity contribution in [1.29, 1.82) is 0 Å². The molecule has 1 N–H and O–H groups in total. The van der Waals surface area contributed by atoms with Crippen LogP contribution in [0.15, 0.2) is 67.4 Å². The summed E-state index contributed by atoms with van der Waals surface area (Å²) in [5, 5.41) is 3.79. The van der Waals surface area contributed by atoms with Crippen molar-refractivity contribution in [2.24, 2.45) is 0 Å². The molecule has 0 aliphatic carbocycles. The zero-order valence-corrected chi connectivity index (χ0v) is 14.7. The van der Waals surface area contributed by atoms with Crippen LogP contribution in [0.4, 0.5) is 0 Å². The van der Waals surface area contributed by atoms with E-state index in [2.05, 4.69) is 20.3 Å². The highest BCUT2D eigenvalue weighted by molar-refractivity contribution is 5.95. The summed E-state index contributed by atoms with van der Waals surface area (Å²) < 4.78 is 7.02. The lowest BCUT2D eigenvalue weighted by molar-refractivity contribution is 0.0946. The van der Waals surface area contributed by atoms with Crippen molar-refractivity contribution in [2.45, 2.75) is 6.54 Å². The van der Waals surface area contributed by atoms with Gasteiger partial charge in [-0.1, -0.05) is 12.1 Å². The van der Waals surface area contributed by atoms with Crippen LogP contribution in [0.1, 0.15) is 16.1 Å². The van der Waals surface area contributed by atoms with Crippen molar-refractivity contribution in [3.8, 4) is 11.6 Å². The molecule has 0 fully saturated rings. The molecule has 1 aromatic carbocycles.